The third-order valence-electron chi connectivity index (χ3n) is 2.66. The molecule has 0 bridgehead atoms. The fourth-order valence-corrected chi connectivity index (χ4v) is 1.63. The number of rotatable bonds is 4. The van der Waals surface area contributed by atoms with Gasteiger partial charge in [0.15, 0.2) is 0 Å². The maximum Gasteiger partial charge on any atom is 0.424 e. The van der Waals surface area contributed by atoms with Gasteiger partial charge in [0.25, 0.3) is 0 Å². The first-order chi connectivity index (χ1) is 8.79. The zero-order valence-corrected chi connectivity index (χ0v) is 10.4. The first kappa shape index (κ1) is 12.4. The summed E-state index contributed by atoms with van der Waals surface area (Å²) in [6.07, 6.45) is 7.47. The Balaban J connectivity index is 1.96. The molecule has 2 aromatic rings. The summed E-state index contributed by atoms with van der Waals surface area (Å²) in [5, 5.41) is 0. The average Bonchev–Trinajstić information content (AvgIpc) is 2.92. The molecule has 2 rings (SSSR count). The van der Waals surface area contributed by atoms with Crippen molar-refractivity contribution in [2.45, 2.75) is 26.2 Å². The predicted molar refractivity (Wildman–Crippen MR) is 68.7 cm³/mol. The molecule has 0 saturated heterocycles. The van der Waals surface area contributed by atoms with Gasteiger partial charge in [-0.05, 0) is 30.5 Å². The summed E-state index contributed by atoms with van der Waals surface area (Å²) < 4.78 is 6.50. The molecule has 0 amide bonds. The van der Waals surface area contributed by atoms with Crippen molar-refractivity contribution in [3.63, 3.8) is 0 Å². The molecule has 94 valence electrons. The van der Waals surface area contributed by atoms with Gasteiger partial charge in [-0.3, -0.25) is 0 Å². The van der Waals surface area contributed by atoms with E-state index in [1.165, 1.54) is 35.5 Å². The first-order valence-electron chi connectivity index (χ1n) is 6.08. The third-order valence-corrected chi connectivity index (χ3v) is 2.66. The van der Waals surface area contributed by atoms with E-state index in [4.69, 9.17) is 4.74 Å². The second-order valence-corrected chi connectivity index (χ2v) is 4.09. The van der Waals surface area contributed by atoms with Gasteiger partial charge in [-0.1, -0.05) is 25.5 Å². The van der Waals surface area contributed by atoms with E-state index in [1.807, 2.05) is 24.3 Å². The van der Waals surface area contributed by atoms with Gasteiger partial charge in [0.05, 0.1) is 0 Å². The number of carbonyl (C=O) groups excluding carboxylic acids is 1. The second-order valence-electron chi connectivity index (χ2n) is 4.09. The fourth-order valence-electron chi connectivity index (χ4n) is 1.63. The van der Waals surface area contributed by atoms with Crippen molar-refractivity contribution in [2.75, 3.05) is 0 Å². The molecule has 0 aliphatic rings. The minimum absolute atomic E-state index is 0.450. The molecular weight excluding hydrogens is 228 g/mol. The van der Waals surface area contributed by atoms with E-state index in [1.54, 1.807) is 6.20 Å². The molecule has 0 N–H and O–H groups in total. The van der Waals surface area contributed by atoms with Crippen LogP contribution in [0.2, 0.25) is 0 Å². The van der Waals surface area contributed by atoms with Crippen LogP contribution in [0.15, 0.2) is 43.0 Å². The number of nitrogens with zero attached hydrogens (tertiary/aromatic N) is 2. The summed E-state index contributed by atoms with van der Waals surface area (Å²) in [5.74, 6) is 0.550. The molecule has 4 nitrogen and oxygen atoms in total. The minimum atomic E-state index is -0.450. The van der Waals surface area contributed by atoms with Crippen LogP contribution >= 0.6 is 0 Å². The summed E-state index contributed by atoms with van der Waals surface area (Å²) >= 11 is 0. The number of unbranched alkanes of at least 4 members (excludes halogenated alkanes) is 1. The molecule has 4 heteroatoms. The van der Waals surface area contributed by atoms with E-state index in [2.05, 4.69) is 11.9 Å². The van der Waals surface area contributed by atoms with E-state index < -0.39 is 6.09 Å². The molecular formula is C14H16N2O2. The third kappa shape index (κ3) is 3.20. The molecule has 0 aliphatic carbocycles. The van der Waals surface area contributed by atoms with Crippen molar-refractivity contribution in [1.82, 2.24) is 9.55 Å². The SMILES string of the molecule is CCCCc1ccc(OC(=O)n2ccnc2)cc1. The smallest absolute Gasteiger partial charge is 0.410 e. The number of hydrogen-bond donors (Lipinski definition) is 0. The van der Waals surface area contributed by atoms with Crippen LogP contribution in [0.4, 0.5) is 4.79 Å². The van der Waals surface area contributed by atoms with Crippen LogP contribution in [-0.2, 0) is 6.42 Å². The second kappa shape index (κ2) is 6.00. The van der Waals surface area contributed by atoms with Crippen molar-refractivity contribution in [3.8, 4) is 5.75 Å². The van der Waals surface area contributed by atoms with Crippen LogP contribution in [0, 0.1) is 0 Å². The highest BCUT2D eigenvalue weighted by Gasteiger charge is 2.06. The van der Waals surface area contributed by atoms with Crippen LogP contribution in [0.5, 0.6) is 5.75 Å². The van der Waals surface area contributed by atoms with E-state index in [-0.39, 0.29) is 0 Å². The van der Waals surface area contributed by atoms with E-state index in [0.717, 1.165) is 6.42 Å². The molecule has 0 atom stereocenters. The number of benzene rings is 1. The molecule has 1 aromatic carbocycles. The quantitative estimate of drug-likeness (QED) is 0.829. The highest BCUT2D eigenvalue weighted by molar-refractivity contribution is 5.72. The average molecular weight is 244 g/mol. The molecule has 0 unspecified atom stereocenters. The van der Waals surface area contributed by atoms with Crippen molar-refractivity contribution in [1.29, 1.82) is 0 Å². The van der Waals surface area contributed by atoms with Crippen molar-refractivity contribution >= 4 is 6.09 Å². The van der Waals surface area contributed by atoms with Gasteiger partial charge in [0.1, 0.15) is 12.1 Å². The Bertz CT molecular complexity index is 489. The maximum atomic E-state index is 11.6. The Morgan fingerprint density at radius 1 is 1.33 bits per heavy atom. The Morgan fingerprint density at radius 3 is 2.72 bits per heavy atom. The number of aryl methyl sites for hydroxylation is 1. The lowest BCUT2D eigenvalue weighted by molar-refractivity contribution is 0.202. The number of hydrogen-bond acceptors (Lipinski definition) is 3. The van der Waals surface area contributed by atoms with Crippen LogP contribution in [-0.4, -0.2) is 15.6 Å². The normalized spacial score (nSPS) is 10.3. The Hall–Kier alpha value is -2.10. The molecule has 0 spiro atoms. The number of aromatic nitrogens is 2. The number of ether oxygens (including phenoxy) is 1. The summed E-state index contributed by atoms with van der Waals surface area (Å²) in [6.45, 7) is 2.17. The lowest BCUT2D eigenvalue weighted by atomic mass is 10.1. The van der Waals surface area contributed by atoms with Crippen LogP contribution in [0.25, 0.3) is 0 Å². The van der Waals surface area contributed by atoms with Crippen LogP contribution < -0.4 is 4.74 Å². The molecule has 1 heterocycles. The largest absolute Gasteiger partial charge is 0.424 e. The summed E-state index contributed by atoms with van der Waals surface area (Å²) in [7, 11) is 0. The molecule has 1 aromatic heterocycles. The van der Waals surface area contributed by atoms with Gasteiger partial charge in [0.2, 0.25) is 0 Å². The zero-order chi connectivity index (χ0) is 12.8. The molecule has 0 fully saturated rings. The number of imidazole rings is 1. The standard InChI is InChI=1S/C14H16N2O2/c1-2-3-4-12-5-7-13(8-6-12)18-14(17)16-10-9-15-11-16/h5-11H,2-4H2,1H3. The van der Waals surface area contributed by atoms with Crippen molar-refractivity contribution in [3.05, 3.63) is 48.5 Å². The van der Waals surface area contributed by atoms with Gasteiger partial charge in [-0.15, -0.1) is 0 Å². The van der Waals surface area contributed by atoms with Crippen LogP contribution in [0.3, 0.4) is 0 Å². The topological polar surface area (TPSA) is 44.1 Å². The lowest BCUT2D eigenvalue weighted by Crippen LogP contribution is -2.14. The molecule has 0 radical (unpaired) electrons. The van der Waals surface area contributed by atoms with Crippen molar-refractivity contribution < 1.29 is 9.53 Å². The number of carbonyl (C=O) groups is 1. The minimum Gasteiger partial charge on any atom is -0.410 e. The lowest BCUT2D eigenvalue weighted by Gasteiger charge is -2.05. The summed E-state index contributed by atoms with van der Waals surface area (Å²) in [4.78, 5) is 15.4. The summed E-state index contributed by atoms with van der Waals surface area (Å²) in [5.41, 5.74) is 1.26. The van der Waals surface area contributed by atoms with Crippen LogP contribution in [0.1, 0.15) is 25.3 Å². The van der Waals surface area contributed by atoms with E-state index in [0.29, 0.717) is 5.75 Å². The predicted octanol–water partition coefficient (Wildman–Crippen LogP) is 3.27. The Morgan fingerprint density at radius 2 is 2.11 bits per heavy atom. The van der Waals surface area contributed by atoms with Gasteiger partial charge < -0.3 is 4.74 Å². The highest BCUT2D eigenvalue weighted by Crippen LogP contribution is 2.14. The van der Waals surface area contributed by atoms with E-state index >= 15 is 0 Å². The van der Waals surface area contributed by atoms with Gasteiger partial charge in [-0.2, -0.15) is 0 Å². The Labute approximate surface area is 106 Å². The molecule has 18 heavy (non-hydrogen) atoms. The van der Waals surface area contributed by atoms with Gasteiger partial charge in [-0.25, -0.2) is 14.3 Å². The van der Waals surface area contributed by atoms with Gasteiger partial charge in [0, 0.05) is 12.4 Å². The first-order valence-corrected chi connectivity index (χ1v) is 6.08. The summed E-state index contributed by atoms with van der Waals surface area (Å²) in [6, 6.07) is 7.62. The monoisotopic (exact) mass is 244 g/mol. The van der Waals surface area contributed by atoms with E-state index in [9.17, 15) is 4.79 Å². The molecule has 0 saturated carbocycles. The van der Waals surface area contributed by atoms with Gasteiger partial charge >= 0.3 is 6.09 Å². The fraction of sp³-hybridized carbons (Fsp3) is 0.286. The van der Waals surface area contributed by atoms with Crippen molar-refractivity contribution in [2.24, 2.45) is 0 Å². The zero-order valence-electron chi connectivity index (χ0n) is 10.4. The molecule has 0 aliphatic heterocycles. The maximum absolute atomic E-state index is 11.6. The highest BCUT2D eigenvalue weighted by atomic mass is 16.6. The Kier molecular flexibility index (Phi) is 4.12.